The van der Waals surface area contributed by atoms with Crippen LogP contribution in [0.3, 0.4) is 0 Å². The van der Waals surface area contributed by atoms with Crippen LogP contribution in [-0.2, 0) is 9.59 Å². The summed E-state index contributed by atoms with van der Waals surface area (Å²) in [5, 5.41) is 9.50. The summed E-state index contributed by atoms with van der Waals surface area (Å²) in [6.07, 6.45) is 1.91. The van der Waals surface area contributed by atoms with E-state index in [2.05, 4.69) is 0 Å². The van der Waals surface area contributed by atoms with Crippen LogP contribution in [0.2, 0.25) is 0 Å². The second-order valence-electron chi connectivity index (χ2n) is 3.21. The molecule has 1 heterocycles. The van der Waals surface area contributed by atoms with Crippen LogP contribution < -0.4 is 9.47 Å². The summed E-state index contributed by atoms with van der Waals surface area (Å²) < 4.78 is 9.82. The van der Waals surface area contributed by atoms with Gasteiger partial charge in [-0.15, -0.1) is 0 Å². The largest absolute Gasteiger partial charge is 0.504 e. The molecule has 1 aromatic rings. The van der Waals surface area contributed by atoms with E-state index in [1.165, 1.54) is 12.1 Å². The second-order valence-corrected chi connectivity index (χ2v) is 3.21. The Labute approximate surface area is 90.9 Å². The zero-order valence-electron chi connectivity index (χ0n) is 8.39. The number of hydrogen-bond donors (Lipinski definition) is 1. The number of carbonyl (C=O) groups is 2. The first-order valence-corrected chi connectivity index (χ1v) is 4.52. The molecule has 0 aliphatic carbocycles. The number of benzene rings is 1. The Hall–Kier alpha value is -2.30. The van der Waals surface area contributed by atoms with Crippen molar-refractivity contribution in [1.82, 2.24) is 0 Å². The molecule has 0 radical (unpaired) electrons. The minimum absolute atomic E-state index is 0.00171. The lowest BCUT2D eigenvalue weighted by Crippen LogP contribution is -2.05. The lowest BCUT2D eigenvalue weighted by molar-refractivity contribution is -0.131. The number of esters is 2. The Morgan fingerprint density at radius 1 is 1.06 bits per heavy atom. The summed E-state index contributed by atoms with van der Waals surface area (Å²) in [6.45, 7) is 1.58. The molecule has 5 nitrogen and oxygen atoms in total. The van der Waals surface area contributed by atoms with Gasteiger partial charge < -0.3 is 14.6 Å². The third kappa shape index (κ3) is 1.75. The maximum atomic E-state index is 11.2. The zero-order chi connectivity index (χ0) is 11.7. The molecule has 2 rings (SSSR count). The van der Waals surface area contributed by atoms with Crippen molar-refractivity contribution in [3.05, 3.63) is 29.8 Å². The summed E-state index contributed by atoms with van der Waals surface area (Å²) >= 11 is 0. The number of rotatable bonds is 0. The van der Waals surface area contributed by atoms with E-state index in [0.29, 0.717) is 5.56 Å². The van der Waals surface area contributed by atoms with Crippen LogP contribution in [0.1, 0.15) is 5.56 Å². The van der Waals surface area contributed by atoms with Crippen molar-refractivity contribution < 1.29 is 24.2 Å². The molecule has 1 N–H and O–H groups in total. The minimum Gasteiger partial charge on any atom is -0.504 e. The van der Waals surface area contributed by atoms with Gasteiger partial charge in [0.1, 0.15) is 5.75 Å². The highest BCUT2D eigenvalue weighted by Gasteiger charge is 2.17. The van der Waals surface area contributed by atoms with E-state index in [4.69, 9.17) is 9.47 Å². The quantitative estimate of drug-likeness (QED) is 0.523. The molecule has 0 spiro atoms. The van der Waals surface area contributed by atoms with Gasteiger partial charge in [-0.05, 0) is 19.1 Å². The van der Waals surface area contributed by atoms with Gasteiger partial charge in [-0.1, -0.05) is 0 Å². The molecule has 0 unspecified atom stereocenters. The van der Waals surface area contributed by atoms with Gasteiger partial charge in [-0.2, -0.15) is 0 Å². The Kier molecular flexibility index (Phi) is 2.36. The molecule has 0 fully saturated rings. The van der Waals surface area contributed by atoms with E-state index in [9.17, 15) is 14.7 Å². The number of phenols is 1. The predicted molar refractivity (Wildman–Crippen MR) is 53.3 cm³/mol. The number of fused-ring (bicyclic) bond motifs is 2. The molecule has 5 heteroatoms. The van der Waals surface area contributed by atoms with Crippen molar-refractivity contribution in [2.75, 3.05) is 0 Å². The number of hydrogen-bond acceptors (Lipinski definition) is 5. The molecule has 1 aliphatic rings. The molecule has 0 saturated heterocycles. The van der Waals surface area contributed by atoms with Gasteiger partial charge in [0.15, 0.2) is 11.5 Å². The summed E-state index contributed by atoms with van der Waals surface area (Å²) in [6, 6.07) is 2.72. The number of ether oxygens (including phenoxy) is 2. The minimum atomic E-state index is -0.741. The van der Waals surface area contributed by atoms with E-state index < -0.39 is 11.9 Å². The first-order valence-electron chi connectivity index (χ1n) is 4.52. The maximum Gasteiger partial charge on any atom is 0.336 e. The molecule has 1 aromatic carbocycles. The van der Waals surface area contributed by atoms with Crippen molar-refractivity contribution in [3.8, 4) is 17.2 Å². The van der Waals surface area contributed by atoms with E-state index in [0.717, 1.165) is 12.2 Å². The Bertz CT molecular complexity index is 501. The first kappa shape index (κ1) is 10.2. The SMILES string of the molecule is Cc1c2ccc(O)c1OC(=O)/C=C/C(=O)O2. The fourth-order valence-electron chi connectivity index (χ4n) is 1.31. The van der Waals surface area contributed by atoms with Crippen molar-refractivity contribution >= 4 is 11.9 Å². The lowest BCUT2D eigenvalue weighted by Gasteiger charge is -2.10. The highest BCUT2D eigenvalue weighted by Crippen LogP contribution is 2.36. The van der Waals surface area contributed by atoms with Gasteiger partial charge in [0.25, 0.3) is 0 Å². The smallest absolute Gasteiger partial charge is 0.336 e. The molecule has 82 valence electrons. The van der Waals surface area contributed by atoms with Crippen LogP contribution in [0.5, 0.6) is 17.2 Å². The van der Waals surface area contributed by atoms with Crippen molar-refractivity contribution in [2.24, 2.45) is 0 Å². The Morgan fingerprint density at radius 3 is 2.38 bits per heavy atom. The summed E-state index contributed by atoms with van der Waals surface area (Å²) in [4.78, 5) is 22.4. The van der Waals surface area contributed by atoms with Crippen LogP contribution >= 0.6 is 0 Å². The summed E-state index contributed by atoms with van der Waals surface area (Å²) in [5.74, 6) is -1.34. The van der Waals surface area contributed by atoms with Crippen LogP contribution in [0.15, 0.2) is 24.3 Å². The van der Waals surface area contributed by atoms with E-state index in [1.54, 1.807) is 6.92 Å². The van der Waals surface area contributed by atoms with Crippen LogP contribution in [0.4, 0.5) is 0 Å². The van der Waals surface area contributed by atoms with Gasteiger partial charge in [0.2, 0.25) is 0 Å². The van der Waals surface area contributed by atoms with Gasteiger partial charge in [-0.3, -0.25) is 0 Å². The number of aromatic hydroxyl groups is 1. The van der Waals surface area contributed by atoms with Crippen LogP contribution in [0.25, 0.3) is 0 Å². The number of carbonyl (C=O) groups excluding carboxylic acids is 2. The van der Waals surface area contributed by atoms with Crippen LogP contribution in [0, 0.1) is 6.92 Å². The van der Waals surface area contributed by atoms with E-state index >= 15 is 0 Å². The van der Waals surface area contributed by atoms with Crippen molar-refractivity contribution in [2.45, 2.75) is 6.92 Å². The fraction of sp³-hybridized carbons (Fsp3) is 0.0909. The predicted octanol–water partition coefficient (Wildman–Crippen LogP) is 1.08. The average Bonchev–Trinajstić information content (AvgIpc) is 2.27. The monoisotopic (exact) mass is 220 g/mol. The van der Waals surface area contributed by atoms with Gasteiger partial charge in [0, 0.05) is 17.7 Å². The zero-order valence-corrected chi connectivity index (χ0v) is 8.39. The highest BCUT2D eigenvalue weighted by molar-refractivity contribution is 5.94. The van der Waals surface area contributed by atoms with E-state index in [1.807, 2.05) is 0 Å². The first-order chi connectivity index (χ1) is 7.58. The third-order valence-corrected chi connectivity index (χ3v) is 2.10. The maximum absolute atomic E-state index is 11.2. The van der Waals surface area contributed by atoms with Crippen molar-refractivity contribution in [3.63, 3.8) is 0 Å². The second kappa shape index (κ2) is 3.69. The molecule has 0 amide bonds. The van der Waals surface area contributed by atoms with Gasteiger partial charge in [0.05, 0.1) is 0 Å². The number of phenolic OH excluding ortho intramolecular Hbond substituents is 1. The fourth-order valence-corrected chi connectivity index (χ4v) is 1.31. The standard InChI is InChI=1S/C11H8O5/c1-6-8-3-2-7(12)11(6)16-10(14)5-4-9(13)15-8/h2-5,12H,1H3/b5-4+. The molecule has 0 aromatic heterocycles. The summed E-state index contributed by atoms with van der Waals surface area (Å²) in [7, 11) is 0. The molecular weight excluding hydrogens is 212 g/mol. The molecule has 1 aliphatic heterocycles. The van der Waals surface area contributed by atoms with Gasteiger partial charge in [-0.25, -0.2) is 9.59 Å². The molecule has 2 bridgehead atoms. The highest BCUT2D eigenvalue weighted by atomic mass is 16.6. The Morgan fingerprint density at radius 2 is 1.69 bits per heavy atom. The molecular formula is C11H8O5. The Balaban J connectivity index is 2.59. The lowest BCUT2D eigenvalue weighted by atomic mass is 10.2. The molecule has 0 saturated carbocycles. The van der Waals surface area contributed by atoms with Crippen LogP contribution in [-0.4, -0.2) is 17.0 Å². The third-order valence-electron chi connectivity index (χ3n) is 2.10. The molecule has 0 atom stereocenters. The average molecular weight is 220 g/mol. The normalized spacial score (nSPS) is 16.6. The van der Waals surface area contributed by atoms with Crippen molar-refractivity contribution in [1.29, 1.82) is 0 Å². The summed E-state index contributed by atoms with van der Waals surface area (Å²) in [5.41, 5.74) is 0.394. The topological polar surface area (TPSA) is 72.8 Å². The van der Waals surface area contributed by atoms with E-state index in [-0.39, 0.29) is 17.2 Å². The molecule has 16 heavy (non-hydrogen) atoms. The van der Waals surface area contributed by atoms with Gasteiger partial charge >= 0.3 is 11.9 Å².